The number of aromatic nitrogens is 4. The molecule has 0 fully saturated rings. The molecule has 0 bridgehead atoms. The third kappa shape index (κ3) is 4.88. The summed E-state index contributed by atoms with van der Waals surface area (Å²) in [5.41, 5.74) is 2.32. The van der Waals surface area contributed by atoms with Crippen molar-refractivity contribution in [1.29, 1.82) is 0 Å². The Morgan fingerprint density at radius 1 is 1.13 bits per heavy atom. The molecule has 4 rings (SSSR count). The van der Waals surface area contributed by atoms with Crippen LogP contribution < -0.4 is 5.32 Å². The van der Waals surface area contributed by atoms with Crippen LogP contribution in [0.3, 0.4) is 0 Å². The third-order valence-electron chi connectivity index (χ3n) is 4.73. The van der Waals surface area contributed by atoms with Gasteiger partial charge < -0.3 is 14.4 Å². The van der Waals surface area contributed by atoms with Gasteiger partial charge in [-0.15, -0.1) is 11.3 Å². The second kappa shape index (κ2) is 9.22. The average molecular weight is 438 g/mol. The number of para-hydroxylation sites is 1. The van der Waals surface area contributed by atoms with Crippen molar-refractivity contribution in [2.75, 3.05) is 5.32 Å². The molecule has 3 aromatic heterocycles. The molecule has 0 aliphatic carbocycles. The summed E-state index contributed by atoms with van der Waals surface area (Å²) in [7, 11) is 0. The maximum absolute atomic E-state index is 12.6. The van der Waals surface area contributed by atoms with Gasteiger partial charge in [0.1, 0.15) is 0 Å². The summed E-state index contributed by atoms with van der Waals surface area (Å²) in [6.45, 7) is 5.93. The first-order valence-corrected chi connectivity index (χ1v) is 11.0. The number of nitrogens with one attached hydrogen (secondary N) is 1. The number of anilines is 1. The van der Waals surface area contributed by atoms with Crippen LogP contribution in [0.5, 0.6) is 0 Å². The predicted molar refractivity (Wildman–Crippen MR) is 118 cm³/mol. The van der Waals surface area contributed by atoms with Crippen LogP contribution in [0.2, 0.25) is 0 Å². The van der Waals surface area contributed by atoms with E-state index in [1.54, 1.807) is 11.3 Å². The lowest BCUT2D eigenvalue weighted by Crippen LogP contribution is -2.13. The van der Waals surface area contributed by atoms with E-state index in [9.17, 15) is 4.79 Å². The fourth-order valence-electron chi connectivity index (χ4n) is 3.06. The van der Waals surface area contributed by atoms with Gasteiger partial charge in [0.25, 0.3) is 5.89 Å². The number of carbonyl (C=O) groups excluding carboxylic acids is 1. The fourth-order valence-corrected chi connectivity index (χ4v) is 3.70. The van der Waals surface area contributed by atoms with Crippen LogP contribution in [-0.4, -0.2) is 26.2 Å². The number of thiophene rings is 1. The number of rotatable bonds is 8. The molecule has 0 saturated heterocycles. The maximum atomic E-state index is 12.6. The molecule has 0 atom stereocenters. The van der Waals surface area contributed by atoms with Crippen LogP contribution in [0, 0.1) is 6.92 Å². The largest absolute Gasteiger partial charge is 0.339 e. The zero-order chi connectivity index (χ0) is 21.8. The first-order chi connectivity index (χ1) is 15.0. The molecular formula is C22H23N5O3S. The van der Waals surface area contributed by atoms with Crippen LogP contribution in [-0.2, 0) is 11.2 Å². The molecule has 0 saturated carbocycles. The van der Waals surface area contributed by atoms with E-state index in [1.807, 2.05) is 56.5 Å². The summed E-state index contributed by atoms with van der Waals surface area (Å²) in [4.78, 5) is 22.4. The van der Waals surface area contributed by atoms with E-state index >= 15 is 0 Å². The van der Waals surface area contributed by atoms with Crippen molar-refractivity contribution >= 4 is 22.9 Å². The molecular weight excluding hydrogens is 414 g/mol. The molecule has 4 aromatic rings. The van der Waals surface area contributed by atoms with Crippen molar-refractivity contribution in [3.05, 3.63) is 53.0 Å². The maximum Gasteiger partial charge on any atom is 0.260 e. The monoisotopic (exact) mass is 437 g/mol. The van der Waals surface area contributed by atoms with Gasteiger partial charge in [-0.1, -0.05) is 42.4 Å². The second-order valence-electron chi connectivity index (χ2n) is 7.50. The molecule has 31 heavy (non-hydrogen) atoms. The van der Waals surface area contributed by atoms with Crippen molar-refractivity contribution in [3.8, 4) is 22.2 Å². The number of hydrogen-bond donors (Lipinski definition) is 1. The molecule has 1 aromatic carbocycles. The number of aryl methyl sites for hydroxylation is 2. The Bertz CT molecular complexity index is 1160. The minimum Gasteiger partial charge on any atom is -0.339 e. The Kier molecular flexibility index (Phi) is 6.22. The molecule has 0 aliphatic heterocycles. The Labute approximate surface area is 183 Å². The van der Waals surface area contributed by atoms with Crippen LogP contribution in [0.1, 0.15) is 49.9 Å². The lowest BCUT2D eigenvalue weighted by Gasteiger charge is -2.11. The third-order valence-corrected chi connectivity index (χ3v) is 5.60. The van der Waals surface area contributed by atoms with Crippen molar-refractivity contribution in [2.45, 2.75) is 46.0 Å². The fraction of sp³-hybridized carbons (Fsp3) is 0.318. The standard InChI is InChI=1S/C22H23N5O3S/c1-13(2)20-25-22(30-26-20)15-8-4-7-14(3)19(15)23-17(28)10-5-11-18-24-21(27-29-18)16-9-6-12-31-16/h4,6-9,12-13H,5,10-11H2,1-3H3,(H,23,28). The van der Waals surface area contributed by atoms with Crippen LogP contribution >= 0.6 is 11.3 Å². The molecule has 0 radical (unpaired) electrons. The van der Waals surface area contributed by atoms with Crippen molar-refractivity contribution in [1.82, 2.24) is 20.3 Å². The number of carbonyl (C=O) groups is 1. The molecule has 160 valence electrons. The van der Waals surface area contributed by atoms with Crippen molar-refractivity contribution in [2.24, 2.45) is 0 Å². The average Bonchev–Trinajstić information content (AvgIpc) is 3.50. The highest BCUT2D eigenvalue weighted by atomic mass is 32.1. The summed E-state index contributed by atoms with van der Waals surface area (Å²) in [6, 6.07) is 9.59. The number of hydrogen-bond acceptors (Lipinski definition) is 8. The lowest BCUT2D eigenvalue weighted by atomic mass is 10.1. The molecule has 1 N–H and O–H groups in total. The van der Waals surface area contributed by atoms with Gasteiger partial charge in [-0.25, -0.2) is 0 Å². The van der Waals surface area contributed by atoms with Crippen LogP contribution in [0.15, 0.2) is 44.8 Å². The Morgan fingerprint density at radius 3 is 2.74 bits per heavy atom. The molecule has 0 spiro atoms. The first-order valence-electron chi connectivity index (χ1n) is 10.1. The molecule has 3 heterocycles. The molecule has 0 unspecified atom stereocenters. The number of benzene rings is 1. The van der Waals surface area contributed by atoms with Crippen molar-refractivity contribution in [3.63, 3.8) is 0 Å². The minimum atomic E-state index is -0.0999. The van der Waals surface area contributed by atoms with Crippen LogP contribution in [0.25, 0.3) is 22.2 Å². The summed E-state index contributed by atoms with van der Waals surface area (Å²) < 4.78 is 10.7. The molecule has 8 nitrogen and oxygen atoms in total. The minimum absolute atomic E-state index is 0.0999. The number of nitrogens with zero attached hydrogens (tertiary/aromatic N) is 4. The highest BCUT2D eigenvalue weighted by Gasteiger charge is 2.18. The SMILES string of the molecule is Cc1cccc(-c2nc(C(C)C)no2)c1NC(=O)CCCc1nc(-c2cccs2)no1. The Balaban J connectivity index is 1.38. The second-order valence-corrected chi connectivity index (χ2v) is 8.45. The summed E-state index contributed by atoms with van der Waals surface area (Å²) in [6.07, 6.45) is 1.45. The molecule has 9 heteroatoms. The normalized spacial score (nSPS) is 11.2. The van der Waals surface area contributed by atoms with E-state index < -0.39 is 0 Å². The van der Waals surface area contributed by atoms with Gasteiger partial charge in [-0.3, -0.25) is 4.79 Å². The first kappa shape index (κ1) is 20.9. The van der Waals surface area contributed by atoms with Gasteiger partial charge in [-0.05, 0) is 36.4 Å². The van der Waals surface area contributed by atoms with E-state index in [2.05, 4.69) is 25.6 Å². The predicted octanol–water partition coefficient (Wildman–Crippen LogP) is 5.24. The smallest absolute Gasteiger partial charge is 0.260 e. The van der Waals surface area contributed by atoms with E-state index in [-0.39, 0.29) is 11.8 Å². The van der Waals surface area contributed by atoms with Crippen molar-refractivity contribution < 1.29 is 13.8 Å². The summed E-state index contributed by atoms with van der Waals surface area (Å²) in [5.74, 6) is 2.20. The van der Waals surface area contributed by atoms with E-state index in [4.69, 9.17) is 9.05 Å². The highest BCUT2D eigenvalue weighted by Crippen LogP contribution is 2.31. The quantitative estimate of drug-likeness (QED) is 0.401. The van der Waals surface area contributed by atoms with E-state index in [0.29, 0.717) is 53.9 Å². The topological polar surface area (TPSA) is 107 Å². The lowest BCUT2D eigenvalue weighted by molar-refractivity contribution is -0.116. The van der Waals surface area contributed by atoms with Gasteiger partial charge in [-0.2, -0.15) is 9.97 Å². The summed E-state index contributed by atoms with van der Waals surface area (Å²) in [5, 5.41) is 13.0. The van der Waals surface area contributed by atoms with Crippen LogP contribution in [0.4, 0.5) is 5.69 Å². The molecule has 1 amide bonds. The van der Waals surface area contributed by atoms with Gasteiger partial charge in [0.05, 0.1) is 16.1 Å². The number of amides is 1. The van der Waals surface area contributed by atoms with E-state index in [0.717, 1.165) is 10.4 Å². The Morgan fingerprint density at radius 2 is 2.00 bits per heavy atom. The molecule has 0 aliphatic rings. The van der Waals surface area contributed by atoms with Gasteiger partial charge in [0.15, 0.2) is 5.82 Å². The summed E-state index contributed by atoms with van der Waals surface area (Å²) >= 11 is 1.56. The van der Waals surface area contributed by atoms with Gasteiger partial charge >= 0.3 is 0 Å². The van der Waals surface area contributed by atoms with E-state index in [1.165, 1.54) is 0 Å². The zero-order valence-electron chi connectivity index (χ0n) is 17.6. The highest BCUT2D eigenvalue weighted by molar-refractivity contribution is 7.13. The Hall–Kier alpha value is -3.33. The van der Waals surface area contributed by atoms with Gasteiger partial charge in [0, 0.05) is 18.8 Å². The zero-order valence-corrected chi connectivity index (χ0v) is 18.4. The van der Waals surface area contributed by atoms with Gasteiger partial charge in [0.2, 0.25) is 17.6 Å².